The van der Waals surface area contributed by atoms with Gasteiger partial charge in [-0.25, -0.2) is 0 Å². The van der Waals surface area contributed by atoms with Crippen LogP contribution in [0.2, 0.25) is 0 Å². The molecular weight excluding hydrogens is 218 g/mol. The molecular formula is C17H21N. The molecule has 0 bridgehead atoms. The highest BCUT2D eigenvalue weighted by atomic mass is 14.5. The highest BCUT2D eigenvalue weighted by molar-refractivity contribution is 5.44. The molecule has 0 aliphatic heterocycles. The molecule has 0 spiro atoms. The van der Waals surface area contributed by atoms with Gasteiger partial charge in [-0.05, 0) is 54.5 Å². The second kappa shape index (κ2) is 5.72. The summed E-state index contributed by atoms with van der Waals surface area (Å²) in [6.45, 7) is 4.45. The maximum atomic E-state index is 5.78. The van der Waals surface area contributed by atoms with Crippen LogP contribution in [0.3, 0.4) is 0 Å². The first-order valence-electron chi connectivity index (χ1n) is 6.54. The zero-order chi connectivity index (χ0) is 13.0. The molecule has 0 radical (unpaired) electrons. The second-order valence-electron chi connectivity index (χ2n) is 5.18. The smallest absolute Gasteiger partial charge is 0.0316 e. The number of rotatable bonds is 4. The van der Waals surface area contributed by atoms with Crippen LogP contribution in [0.1, 0.15) is 23.6 Å². The van der Waals surface area contributed by atoms with E-state index >= 15 is 0 Å². The number of aryl methyl sites for hydroxylation is 1. The summed E-state index contributed by atoms with van der Waals surface area (Å²) in [6.07, 6.45) is 2.24. The van der Waals surface area contributed by atoms with Crippen LogP contribution >= 0.6 is 0 Å². The zero-order valence-corrected chi connectivity index (χ0v) is 11.2. The van der Waals surface area contributed by atoms with Crippen molar-refractivity contribution in [2.45, 2.75) is 26.7 Å². The Bertz CT molecular complexity index is 502. The summed E-state index contributed by atoms with van der Waals surface area (Å²) >= 11 is 0. The van der Waals surface area contributed by atoms with Crippen molar-refractivity contribution in [1.29, 1.82) is 0 Å². The predicted molar refractivity (Wildman–Crippen MR) is 78.6 cm³/mol. The summed E-state index contributed by atoms with van der Waals surface area (Å²) in [4.78, 5) is 0. The number of hydrogen-bond donors (Lipinski definition) is 1. The molecule has 0 fully saturated rings. The summed E-state index contributed by atoms with van der Waals surface area (Å²) in [5.41, 5.74) is 10.8. The largest absolute Gasteiger partial charge is 0.399 e. The summed E-state index contributed by atoms with van der Waals surface area (Å²) < 4.78 is 0. The van der Waals surface area contributed by atoms with Gasteiger partial charge in [-0.3, -0.25) is 0 Å². The van der Waals surface area contributed by atoms with Crippen LogP contribution in [0.15, 0.2) is 48.5 Å². The van der Waals surface area contributed by atoms with Gasteiger partial charge in [0.05, 0.1) is 0 Å². The molecule has 0 aliphatic carbocycles. The minimum Gasteiger partial charge on any atom is -0.399 e. The van der Waals surface area contributed by atoms with Gasteiger partial charge >= 0.3 is 0 Å². The Balaban J connectivity index is 2.01. The molecule has 1 atom stereocenters. The van der Waals surface area contributed by atoms with Gasteiger partial charge in [-0.1, -0.05) is 43.3 Å². The minimum absolute atomic E-state index is 0.648. The average Bonchev–Trinajstić information content (AvgIpc) is 2.34. The van der Waals surface area contributed by atoms with Crippen LogP contribution < -0.4 is 5.73 Å². The summed E-state index contributed by atoms with van der Waals surface area (Å²) in [5, 5.41) is 0. The Morgan fingerprint density at radius 1 is 1.00 bits per heavy atom. The maximum Gasteiger partial charge on any atom is 0.0316 e. The van der Waals surface area contributed by atoms with Gasteiger partial charge in [0.2, 0.25) is 0 Å². The number of hydrogen-bond acceptors (Lipinski definition) is 1. The molecule has 2 N–H and O–H groups in total. The van der Waals surface area contributed by atoms with Crippen LogP contribution in [-0.4, -0.2) is 0 Å². The molecule has 0 amide bonds. The van der Waals surface area contributed by atoms with Crippen molar-refractivity contribution in [3.8, 4) is 0 Å². The van der Waals surface area contributed by atoms with Gasteiger partial charge in [0.25, 0.3) is 0 Å². The van der Waals surface area contributed by atoms with Gasteiger partial charge in [-0.2, -0.15) is 0 Å². The van der Waals surface area contributed by atoms with Crippen LogP contribution in [0, 0.1) is 12.8 Å². The maximum absolute atomic E-state index is 5.78. The fourth-order valence-electron chi connectivity index (χ4n) is 2.41. The third kappa shape index (κ3) is 3.36. The Morgan fingerprint density at radius 2 is 1.72 bits per heavy atom. The number of benzene rings is 2. The zero-order valence-electron chi connectivity index (χ0n) is 11.2. The molecule has 1 heteroatoms. The first-order valence-corrected chi connectivity index (χ1v) is 6.54. The third-order valence-electron chi connectivity index (χ3n) is 3.36. The molecule has 0 aromatic heterocycles. The van der Waals surface area contributed by atoms with Crippen LogP contribution in [-0.2, 0) is 12.8 Å². The Hall–Kier alpha value is -1.76. The van der Waals surface area contributed by atoms with E-state index in [-0.39, 0.29) is 0 Å². The van der Waals surface area contributed by atoms with Crippen LogP contribution in [0.25, 0.3) is 0 Å². The predicted octanol–water partition coefficient (Wildman–Crippen LogP) is 4.00. The molecule has 2 rings (SSSR count). The number of nitrogens with two attached hydrogens (primary N) is 1. The molecule has 1 unspecified atom stereocenters. The summed E-state index contributed by atoms with van der Waals surface area (Å²) in [5.74, 6) is 0.648. The normalized spacial score (nSPS) is 12.3. The topological polar surface area (TPSA) is 26.0 Å². The van der Waals surface area contributed by atoms with Crippen molar-refractivity contribution < 1.29 is 0 Å². The highest BCUT2D eigenvalue weighted by Gasteiger charge is 2.07. The monoisotopic (exact) mass is 239 g/mol. The Labute approximate surface area is 110 Å². The summed E-state index contributed by atoms with van der Waals surface area (Å²) in [7, 11) is 0. The van der Waals surface area contributed by atoms with E-state index in [9.17, 15) is 0 Å². The SMILES string of the molecule is Cc1cc(N)ccc1CC(C)Cc1ccccc1. The van der Waals surface area contributed by atoms with Crippen molar-refractivity contribution >= 4 is 5.69 Å². The molecule has 2 aromatic carbocycles. The van der Waals surface area contributed by atoms with Crippen molar-refractivity contribution in [2.75, 3.05) is 5.73 Å². The van der Waals surface area contributed by atoms with E-state index in [2.05, 4.69) is 56.3 Å². The van der Waals surface area contributed by atoms with E-state index in [1.165, 1.54) is 16.7 Å². The quantitative estimate of drug-likeness (QED) is 0.802. The lowest BCUT2D eigenvalue weighted by atomic mass is 9.92. The third-order valence-corrected chi connectivity index (χ3v) is 3.36. The van der Waals surface area contributed by atoms with Gasteiger partial charge in [0.1, 0.15) is 0 Å². The first kappa shape index (κ1) is 12.7. The Kier molecular flexibility index (Phi) is 4.03. The van der Waals surface area contributed by atoms with Crippen molar-refractivity contribution in [3.05, 3.63) is 65.2 Å². The Morgan fingerprint density at radius 3 is 2.39 bits per heavy atom. The van der Waals surface area contributed by atoms with Crippen molar-refractivity contribution in [1.82, 2.24) is 0 Å². The average molecular weight is 239 g/mol. The second-order valence-corrected chi connectivity index (χ2v) is 5.18. The van der Waals surface area contributed by atoms with Gasteiger partial charge in [0.15, 0.2) is 0 Å². The number of anilines is 1. The van der Waals surface area contributed by atoms with Crippen LogP contribution in [0.5, 0.6) is 0 Å². The van der Waals surface area contributed by atoms with Gasteiger partial charge in [-0.15, -0.1) is 0 Å². The fraction of sp³-hybridized carbons (Fsp3) is 0.294. The van der Waals surface area contributed by atoms with Gasteiger partial charge in [0, 0.05) is 5.69 Å². The summed E-state index contributed by atoms with van der Waals surface area (Å²) in [6, 6.07) is 16.9. The lowest BCUT2D eigenvalue weighted by molar-refractivity contribution is 0.576. The molecule has 2 aromatic rings. The molecule has 0 aliphatic rings. The standard InChI is InChI=1S/C17H21N/c1-13(10-15-6-4-3-5-7-15)11-16-8-9-17(18)12-14(16)2/h3-9,12-13H,10-11,18H2,1-2H3. The van der Waals surface area contributed by atoms with Crippen molar-refractivity contribution in [2.24, 2.45) is 5.92 Å². The molecule has 0 saturated heterocycles. The first-order chi connectivity index (χ1) is 8.65. The van der Waals surface area contributed by atoms with E-state index < -0.39 is 0 Å². The molecule has 1 nitrogen and oxygen atoms in total. The minimum atomic E-state index is 0.648. The molecule has 0 heterocycles. The number of nitrogen functional groups attached to an aromatic ring is 1. The van der Waals surface area contributed by atoms with E-state index in [4.69, 9.17) is 5.73 Å². The molecule has 0 saturated carbocycles. The van der Waals surface area contributed by atoms with E-state index in [1.807, 2.05) is 6.07 Å². The van der Waals surface area contributed by atoms with E-state index in [0.29, 0.717) is 5.92 Å². The fourth-order valence-corrected chi connectivity index (χ4v) is 2.41. The lowest BCUT2D eigenvalue weighted by Gasteiger charge is -2.14. The van der Waals surface area contributed by atoms with E-state index in [0.717, 1.165) is 18.5 Å². The molecule has 94 valence electrons. The van der Waals surface area contributed by atoms with E-state index in [1.54, 1.807) is 0 Å². The van der Waals surface area contributed by atoms with Crippen molar-refractivity contribution in [3.63, 3.8) is 0 Å². The highest BCUT2D eigenvalue weighted by Crippen LogP contribution is 2.19. The van der Waals surface area contributed by atoms with Crippen LogP contribution in [0.4, 0.5) is 5.69 Å². The lowest BCUT2D eigenvalue weighted by Crippen LogP contribution is -2.05. The van der Waals surface area contributed by atoms with Gasteiger partial charge < -0.3 is 5.73 Å². The molecule has 18 heavy (non-hydrogen) atoms.